The highest BCUT2D eigenvalue weighted by Gasteiger charge is 2.28. The molecule has 7 heteroatoms. The van der Waals surface area contributed by atoms with Crippen LogP contribution in [-0.2, 0) is 22.7 Å². The Morgan fingerprint density at radius 2 is 1.77 bits per heavy atom. The van der Waals surface area contributed by atoms with Gasteiger partial charge in [-0.2, -0.15) is 0 Å². The number of fused-ring (bicyclic) bond motifs is 1. The molecule has 2 aliphatic rings. The van der Waals surface area contributed by atoms with Gasteiger partial charge in [-0.05, 0) is 30.3 Å². The number of carbonyl (C=O) groups excluding carboxylic acids is 2. The van der Waals surface area contributed by atoms with Crippen LogP contribution in [-0.4, -0.2) is 60.1 Å². The molecular weight excluding hydrogens is 396 g/mol. The number of piperazine rings is 1. The second kappa shape index (κ2) is 9.64. The summed E-state index contributed by atoms with van der Waals surface area (Å²) >= 11 is 1.45. The first kappa shape index (κ1) is 20.9. The molecule has 6 nitrogen and oxygen atoms in total. The van der Waals surface area contributed by atoms with Gasteiger partial charge in [-0.3, -0.25) is 14.5 Å². The van der Waals surface area contributed by atoms with Crippen molar-refractivity contribution in [3.63, 3.8) is 0 Å². The first-order valence-corrected chi connectivity index (χ1v) is 11.3. The number of likely N-dealkylation sites (N-methyl/N-ethyl adjacent to an activating group) is 1. The maximum atomic E-state index is 12.4. The van der Waals surface area contributed by atoms with Gasteiger partial charge in [-0.1, -0.05) is 36.4 Å². The van der Waals surface area contributed by atoms with E-state index in [9.17, 15) is 9.59 Å². The van der Waals surface area contributed by atoms with Crippen molar-refractivity contribution in [1.82, 2.24) is 15.1 Å². The van der Waals surface area contributed by atoms with E-state index in [1.165, 1.54) is 17.3 Å². The van der Waals surface area contributed by atoms with Crippen molar-refractivity contribution in [2.24, 2.45) is 0 Å². The molecule has 1 saturated heterocycles. The molecule has 0 aromatic heterocycles. The van der Waals surface area contributed by atoms with Crippen LogP contribution >= 0.6 is 11.8 Å². The lowest BCUT2D eigenvalue weighted by molar-refractivity contribution is -0.124. The van der Waals surface area contributed by atoms with Gasteiger partial charge in [0.25, 0.3) is 0 Å². The Balaban J connectivity index is 1.23. The fourth-order valence-electron chi connectivity index (χ4n) is 3.69. The zero-order valence-electron chi connectivity index (χ0n) is 17.3. The quantitative estimate of drug-likeness (QED) is 0.746. The molecule has 0 saturated carbocycles. The number of nitrogens with one attached hydrogen (secondary N) is 2. The Morgan fingerprint density at radius 1 is 1.07 bits per heavy atom. The third-order valence-electron chi connectivity index (χ3n) is 5.59. The monoisotopic (exact) mass is 424 g/mol. The summed E-state index contributed by atoms with van der Waals surface area (Å²) in [5.41, 5.74) is 3.18. The Hall–Kier alpha value is -2.35. The number of amides is 2. The lowest BCUT2D eigenvalue weighted by atomic mass is 10.1. The van der Waals surface area contributed by atoms with Gasteiger partial charge >= 0.3 is 0 Å². The van der Waals surface area contributed by atoms with Gasteiger partial charge in [0.2, 0.25) is 11.8 Å². The minimum absolute atomic E-state index is 0.108. The summed E-state index contributed by atoms with van der Waals surface area (Å²) in [5.74, 6) is -0.217. The molecule has 0 spiro atoms. The van der Waals surface area contributed by atoms with Crippen molar-refractivity contribution in [1.29, 1.82) is 0 Å². The molecule has 1 atom stereocenters. The Bertz CT molecular complexity index is 894. The first-order valence-electron chi connectivity index (χ1n) is 10.4. The van der Waals surface area contributed by atoms with E-state index < -0.39 is 5.25 Å². The smallest absolute Gasteiger partial charge is 0.238 e. The molecule has 2 aromatic carbocycles. The number of para-hydroxylation sites is 1. The van der Waals surface area contributed by atoms with Crippen LogP contribution in [0.4, 0.5) is 5.69 Å². The molecule has 158 valence electrons. The molecule has 2 amide bonds. The van der Waals surface area contributed by atoms with Gasteiger partial charge in [-0.25, -0.2) is 0 Å². The number of hydrogen-bond donors (Lipinski definition) is 2. The van der Waals surface area contributed by atoms with Gasteiger partial charge < -0.3 is 15.5 Å². The molecule has 2 aromatic rings. The van der Waals surface area contributed by atoms with Crippen molar-refractivity contribution in [3.05, 3.63) is 59.7 Å². The normalized spacial score (nSPS) is 19.8. The molecule has 0 bridgehead atoms. The zero-order chi connectivity index (χ0) is 20.9. The molecule has 2 heterocycles. The van der Waals surface area contributed by atoms with E-state index in [1.54, 1.807) is 0 Å². The fourth-order valence-corrected chi connectivity index (χ4v) is 4.81. The molecular formula is C23H28N4O2S. The highest BCUT2D eigenvalue weighted by Crippen LogP contribution is 2.36. The third-order valence-corrected chi connectivity index (χ3v) is 6.87. The maximum absolute atomic E-state index is 12.4. The van der Waals surface area contributed by atoms with Crippen LogP contribution in [0.5, 0.6) is 0 Å². The zero-order valence-corrected chi connectivity index (χ0v) is 18.1. The van der Waals surface area contributed by atoms with E-state index >= 15 is 0 Å². The van der Waals surface area contributed by atoms with Crippen molar-refractivity contribution in [2.45, 2.75) is 29.7 Å². The van der Waals surface area contributed by atoms with E-state index in [0.29, 0.717) is 6.54 Å². The van der Waals surface area contributed by atoms with Crippen LogP contribution in [0.3, 0.4) is 0 Å². The van der Waals surface area contributed by atoms with Crippen LogP contribution < -0.4 is 10.6 Å². The minimum atomic E-state index is -0.397. The standard InChI is InChI=1S/C23H28N4O2S/c1-26-10-12-27(13-11-26)16-18-8-6-17(7-9-18)15-24-22(28)14-21-23(29)25-19-4-2-3-5-20(19)30-21/h2-9,21H,10-16H2,1H3,(H,24,28)(H,25,29). The van der Waals surface area contributed by atoms with Crippen LogP contribution in [0.15, 0.2) is 53.4 Å². The number of hydrogen-bond acceptors (Lipinski definition) is 5. The topological polar surface area (TPSA) is 64.7 Å². The number of benzene rings is 2. The van der Waals surface area contributed by atoms with Crippen LogP contribution in [0.2, 0.25) is 0 Å². The summed E-state index contributed by atoms with van der Waals surface area (Å²) in [6.45, 7) is 5.89. The second-order valence-corrected chi connectivity index (χ2v) is 9.21. The molecule has 1 unspecified atom stereocenters. The lowest BCUT2D eigenvalue weighted by Crippen LogP contribution is -2.43. The molecule has 0 radical (unpaired) electrons. The SMILES string of the molecule is CN1CCN(Cc2ccc(CNC(=O)CC3Sc4ccccc4NC3=O)cc2)CC1. The predicted molar refractivity (Wildman–Crippen MR) is 120 cm³/mol. The number of thioether (sulfide) groups is 1. The van der Waals surface area contributed by atoms with E-state index in [2.05, 4.69) is 51.7 Å². The number of carbonyl (C=O) groups is 2. The van der Waals surface area contributed by atoms with Gasteiger partial charge in [0.1, 0.15) is 0 Å². The molecule has 2 N–H and O–H groups in total. The Labute approximate surface area is 182 Å². The second-order valence-electron chi connectivity index (χ2n) is 7.97. The van der Waals surface area contributed by atoms with Crippen molar-refractivity contribution in [2.75, 3.05) is 38.5 Å². The van der Waals surface area contributed by atoms with Gasteiger partial charge in [0.15, 0.2) is 0 Å². The highest BCUT2D eigenvalue weighted by atomic mass is 32.2. The van der Waals surface area contributed by atoms with Crippen LogP contribution in [0, 0.1) is 0 Å². The highest BCUT2D eigenvalue weighted by molar-refractivity contribution is 8.01. The van der Waals surface area contributed by atoms with E-state index in [4.69, 9.17) is 0 Å². The summed E-state index contributed by atoms with van der Waals surface area (Å²) in [5, 5.41) is 5.44. The van der Waals surface area contributed by atoms with Gasteiger partial charge in [-0.15, -0.1) is 11.8 Å². The van der Waals surface area contributed by atoms with E-state index in [1.807, 2.05) is 24.3 Å². The number of anilines is 1. The Morgan fingerprint density at radius 3 is 2.53 bits per heavy atom. The third kappa shape index (κ3) is 5.41. The lowest BCUT2D eigenvalue weighted by Gasteiger charge is -2.32. The van der Waals surface area contributed by atoms with Gasteiger partial charge in [0.05, 0.1) is 10.9 Å². The fraction of sp³-hybridized carbons (Fsp3) is 0.391. The largest absolute Gasteiger partial charge is 0.352 e. The average Bonchev–Trinajstić information content (AvgIpc) is 2.75. The molecule has 4 rings (SSSR count). The molecule has 0 aliphatic carbocycles. The summed E-state index contributed by atoms with van der Waals surface area (Å²) in [4.78, 5) is 30.5. The summed E-state index contributed by atoms with van der Waals surface area (Å²) in [6, 6.07) is 16.1. The Kier molecular flexibility index (Phi) is 6.72. The van der Waals surface area contributed by atoms with E-state index in [0.717, 1.165) is 48.9 Å². The van der Waals surface area contributed by atoms with Crippen molar-refractivity contribution in [3.8, 4) is 0 Å². The van der Waals surface area contributed by atoms with E-state index in [-0.39, 0.29) is 18.2 Å². The van der Waals surface area contributed by atoms with Gasteiger partial charge in [0, 0.05) is 50.6 Å². The predicted octanol–water partition coefficient (Wildman–Crippen LogP) is 2.55. The number of nitrogens with zero attached hydrogens (tertiary/aromatic N) is 2. The summed E-state index contributed by atoms with van der Waals surface area (Å²) < 4.78 is 0. The van der Waals surface area contributed by atoms with Crippen LogP contribution in [0.1, 0.15) is 17.5 Å². The van der Waals surface area contributed by atoms with Crippen molar-refractivity contribution < 1.29 is 9.59 Å². The minimum Gasteiger partial charge on any atom is -0.352 e. The average molecular weight is 425 g/mol. The molecule has 1 fully saturated rings. The molecule has 2 aliphatic heterocycles. The van der Waals surface area contributed by atoms with Crippen molar-refractivity contribution >= 4 is 29.3 Å². The summed E-state index contributed by atoms with van der Waals surface area (Å²) in [7, 11) is 2.17. The first-order chi connectivity index (χ1) is 14.6. The maximum Gasteiger partial charge on any atom is 0.238 e. The summed E-state index contributed by atoms with van der Waals surface area (Å²) in [6.07, 6.45) is 0.173. The van der Waals surface area contributed by atoms with Crippen LogP contribution in [0.25, 0.3) is 0 Å². The number of rotatable bonds is 6. The molecule has 30 heavy (non-hydrogen) atoms.